The van der Waals surface area contributed by atoms with Crippen LogP contribution in [0.25, 0.3) is 0 Å². The first-order valence-corrected chi connectivity index (χ1v) is 8.68. The van der Waals surface area contributed by atoms with E-state index in [-0.39, 0.29) is 0 Å². The van der Waals surface area contributed by atoms with E-state index in [4.69, 9.17) is 0 Å². The molecule has 0 aliphatic carbocycles. The highest BCUT2D eigenvalue weighted by molar-refractivity contribution is 9.10. The van der Waals surface area contributed by atoms with Gasteiger partial charge >= 0.3 is 0 Å². The van der Waals surface area contributed by atoms with E-state index in [0.29, 0.717) is 11.3 Å². The highest BCUT2D eigenvalue weighted by Crippen LogP contribution is 2.38. The highest BCUT2D eigenvalue weighted by Gasteiger charge is 2.30. The third-order valence-electron chi connectivity index (χ3n) is 3.32. The minimum Gasteiger partial charge on any atom is -0.308 e. The molecule has 0 radical (unpaired) electrons. The number of aryl methyl sites for hydroxylation is 1. The number of aromatic nitrogens is 2. The van der Waals surface area contributed by atoms with Crippen LogP contribution < -0.4 is 5.32 Å². The standard InChI is InChI=1S/C13H22BrN3S/c1-3-7-17-13(10(14)9-16-17)12(15-4-2)11-6-5-8-18-11/h9,11-12,15H,3-8H2,1-2H3. The Morgan fingerprint density at radius 2 is 2.44 bits per heavy atom. The fourth-order valence-electron chi connectivity index (χ4n) is 2.56. The van der Waals surface area contributed by atoms with Gasteiger partial charge in [0.1, 0.15) is 0 Å². The zero-order valence-corrected chi connectivity index (χ0v) is 13.6. The first-order valence-electron chi connectivity index (χ1n) is 6.84. The normalized spacial score (nSPS) is 21.4. The zero-order valence-electron chi connectivity index (χ0n) is 11.2. The number of hydrogen-bond donors (Lipinski definition) is 1. The van der Waals surface area contributed by atoms with Crippen molar-refractivity contribution < 1.29 is 0 Å². The lowest BCUT2D eigenvalue weighted by Crippen LogP contribution is -2.31. The predicted molar refractivity (Wildman–Crippen MR) is 82.1 cm³/mol. The molecule has 2 rings (SSSR count). The molecule has 5 heteroatoms. The van der Waals surface area contributed by atoms with Gasteiger partial charge in [-0.05, 0) is 47.5 Å². The summed E-state index contributed by atoms with van der Waals surface area (Å²) < 4.78 is 3.31. The molecule has 0 aromatic carbocycles. The summed E-state index contributed by atoms with van der Waals surface area (Å²) in [5, 5.41) is 8.84. The molecule has 102 valence electrons. The maximum atomic E-state index is 4.50. The molecule has 1 aliphatic rings. The molecule has 2 unspecified atom stereocenters. The van der Waals surface area contributed by atoms with Gasteiger partial charge in [-0.15, -0.1) is 0 Å². The van der Waals surface area contributed by atoms with Crippen LogP contribution in [0.15, 0.2) is 10.7 Å². The average Bonchev–Trinajstić information content (AvgIpc) is 2.98. The topological polar surface area (TPSA) is 29.9 Å². The zero-order chi connectivity index (χ0) is 13.0. The molecule has 0 saturated carbocycles. The molecule has 1 aromatic rings. The van der Waals surface area contributed by atoms with Crippen molar-refractivity contribution in [3.8, 4) is 0 Å². The molecule has 2 heterocycles. The summed E-state index contributed by atoms with van der Waals surface area (Å²) in [5.74, 6) is 1.30. The van der Waals surface area contributed by atoms with Gasteiger partial charge < -0.3 is 5.32 Å². The van der Waals surface area contributed by atoms with Gasteiger partial charge in [-0.3, -0.25) is 4.68 Å². The maximum absolute atomic E-state index is 4.50. The van der Waals surface area contributed by atoms with E-state index >= 15 is 0 Å². The smallest absolute Gasteiger partial charge is 0.0706 e. The van der Waals surface area contributed by atoms with Gasteiger partial charge in [-0.1, -0.05) is 13.8 Å². The Labute approximate surface area is 122 Å². The first kappa shape index (κ1) is 14.4. The third-order valence-corrected chi connectivity index (χ3v) is 5.40. The Kier molecular flexibility index (Phi) is 5.57. The Morgan fingerprint density at radius 1 is 1.61 bits per heavy atom. The summed E-state index contributed by atoms with van der Waals surface area (Å²) in [5.41, 5.74) is 1.33. The second-order valence-corrected chi connectivity index (χ2v) is 6.89. The molecular weight excluding hydrogens is 310 g/mol. The number of halogens is 1. The number of hydrogen-bond acceptors (Lipinski definition) is 3. The molecule has 1 fully saturated rings. The van der Waals surface area contributed by atoms with Crippen molar-refractivity contribution in [2.75, 3.05) is 12.3 Å². The average molecular weight is 332 g/mol. The van der Waals surface area contributed by atoms with E-state index in [1.165, 1.54) is 24.3 Å². The van der Waals surface area contributed by atoms with Crippen LogP contribution in [-0.4, -0.2) is 27.3 Å². The van der Waals surface area contributed by atoms with Crippen molar-refractivity contribution >= 4 is 27.7 Å². The fourth-order valence-corrected chi connectivity index (χ4v) is 4.49. The lowest BCUT2D eigenvalue weighted by Gasteiger charge is -2.25. The SMILES string of the molecule is CCCn1ncc(Br)c1C(NCC)C1CCCS1. The van der Waals surface area contributed by atoms with Crippen molar-refractivity contribution in [3.63, 3.8) is 0 Å². The number of rotatable bonds is 6. The van der Waals surface area contributed by atoms with Crippen LogP contribution in [0.1, 0.15) is 44.8 Å². The van der Waals surface area contributed by atoms with E-state index in [2.05, 4.69) is 56.6 Å². The van der Waals surface area contributed by atoms with E-state index in [9.17, 15) is 0 Å². The maximum Gasteiger partial charge on any atom is 0.0706 e. The molecule has 2 atom stereocenters. The van der Waals surface area contributed by atoms with Crippen LogP contribution in [-0.2, 0) is 6.54 Å². The number of thioether (sulfide) groups is 1. The summed E-state index contributed by atoms with van der Waals surface area (Å²) in [4.78, 5) is 0. The predicted octanol–water partition coefficient (Wildman–Crippen LogP) is 3.60. The Bertz CT molecular complexity index is 374. The van der Waals surface area contributed by atoms with E-state index in [1.54, 1.807) is 0 Å². The van der Waals surface area contributed by atoms with Gasteiger partial charge in [-0.2, -0.15) is 16.9 Å². The Hall–Kier alpha value is -0.0000000000000000555. The minimum absolute atomic E-state index is 0.422. The van der Waals surface area contributed by atoms with Crippen LogP contribution >= 0.6 is 27.7 Å². The summed E-state index contributed by atoms with van der Waals surface area (Å²) in [6.07, 6.45) is 5.72. The minimum atomic E-state index is 0.422. The Morgan fingerprint density at radius 3 is 3.06 bits per heavy atom. The molecule has 0 amide bonds. The number of nitrogens with zero attached hydrogens (tertiary/aromatic N) is 2. The highest BCUT2D eigenvalue weighted by atomic mass is 79.9. The van der Waals surface area contributed by atoms with Gasteiger partial charge in [-0.25, -0.2) is 0 Å². The molecule has 3 nitrogen and oxygen atoms in total. The van der Waals surface area contributed by atoms with Gasteiger partial charge in [0.25, 0.3) is 0 Å². The van der Waals surface area contributed by atoms with Crippen LogP contribution in [0.2, 0.25) is 0 Å². The lowest BCUT2D eigenvalue weighted by atomic mass is 10.1. The van der Waals surface area contributed by atoms with Crippen molar-refractivity contribution in [2.24, 2.45) is 0 Å². The van der Waals surface area contributed by atoms with Crippen LogP contribution in [0, 0.1) is 0 Å². The number of nitrogens with one attached hydrogen (secondary N) is 1. The van der Waals surface area contributed by atoms with Crippen molar-refractivity contribution in [1.82, 2.24) is 15.1 Å². The van der Waals surface area contributed by atoms with Gasteiger partial charge in [0.05, 0.1) is 22.4 Å². The largest absolute Gasteiger partial charge is 0.308 e. The van der Waals surface area contributed by atoms with Crippen LogP contribution in [0.4, 0.5) is 0 Å². The van der Waals surface area contributed by atoms with Gasteiger partial charge in [0, 0.05) is 11.8 Å². The monoisotopic (exact) mass is 331 g/mol. The van der Waals surface area contributed by atoms with Gasteiger partial charge in [0.2, 0.25) is 0 Å². The molecule has 1 aromatic heterocycles. The third kappa shape index (κ3) is 3.11. The molecule has 0 spiro atoms. The summed E-state index contributed by atoms with van der Waals surface area (Å²) in [6.45, 7) is 6.39. The van der Waals surface area contributed by atoms with Crippen molar-refractivity contribution in [3.05, 3.63) is 16.4 Å². The van der Waals surface area contributed by atoms with Crippen molar-refractivity contribution in [2.45, 2.75) is 50.9 Å². The molecule has 1 aliphatic heterocycles. The van der Waals surface area contributed by atoms with Gasteiger partial charge in [0.15, 0.2) is 0 Å². The second kappa shape index (κ2) is 6.96. The molecule has 1 N–H and O–H groups in total. The quantitative estimate of drug-likeness (QED) is 0.863. The molecule has 0 bridgehead atoms. The first-order chi connectivity index (χ1) is 8.77. The molecular formula is C13H22BrN3S. The lowest BCUT2D eigenvalue weighted by molar-refractivity contribution is 0.460. The summed E-state index contributed by atoms with van der Waals surface area (Å²) in [6, 6.07) is 0.422. The van der Waals surface area contributed by atoms with E-state index in [1.807, 2.05) is 6.20 Å². The second-order valence-electron chi connectivity index (χ2n) is 4.69. The fraction of sp³-hybridized carbons (Fsp3) is 0.769. The molecule has 1 saturated heterocycles. The molecule has 18 heavy (non-hydrogen) atoms. The van der Waals surface area contributed by atoms with E-state index < -0.39 is 0 Å². The van der Waals surface area contributed by atoms with Crippen LogP contribution in [0.3, 0.4) is 0 Å². The van der Waals surface area contributed by atoms with Crippen LogP contribution in [0.5, 0.6) is 0 Å². The van der Waals surface area contributed by atoms with E-state index in [0.717, 1.165) is 24.0 Å². The summed E-state index contributed by atoms with van der Waals surface area (Å²) in [7, 11) is 0. The summed E-state index contributed by atoms with van der Waals surface area (Å²) >= 11 is 5.77. The Balaban J connectivity index is 2.25. The van der Waals surface area contributed by atoms with Crippen molar-refractivity contribution in [1.29, 1.82) is 0 Å².